The summed E-state index contributed by atoms with van der Waals surface area (Å²) in [4.78, 5) is 4.05. The molecule has 2 N–H and O–H groups in total. The quantitative estimate of drug-likeness (QED) is 0.724. The van der Waals surface area contributed by atoms with Gasteiger partial charge in [0.05, 0.1) is 5.69 Å². The average molecular weight is 182 g/mol. The predicted molar refractivity (Wildman–Crippen MR) is 59.5 cm³/mol. The van der Waals surface area contributed by atoms with Gasteiger partial charge in [-0.1, -0.05) is 33.8 Å². The average Bonchev–Trinajstić information content (AvgIpc) is 2.25. The van der Waals surface area contributed by atoms with Crippen LogP contribution in [0.4, 0.5) is 0 Å². The van der Waals surface area contributed by atoms with Crippen LogP contribution < -0.4 is 5.73 Å². The lowest BCUT2D eigenvalue weighted by Gasteiger charge is -2.00. The van der Waals surface area contributed by atoms with Gasteiger partial charge in [0.25, 0.3) is 0 Å². The molecule has 13 heavy (non-hydrogen) atoms. The predicted octanol–water partition coefficient (Wildman–Crippen LogP) is 3.15. The largest absolute Gasteiger partial charge is 0.323 e. The zero-order valence-electron chi connectivity index (χ0n) is 9.41. The molecule has 0 saturated carbocycles. The van der Waals surface area contributed by atoms with Crippen LogP contribution in [-0.2, 0) is 0 Å². The summed E-state index contributed by atoms with van der Waals surface area (Å²) >= 11 is 0. The number of aromatic nitrogens is 1. The summed E-state index contributed by atoms with van der Waals surface area (Å²) < 4.78 is 0. The number of hydrogen-bond acceptors (Lipinski definition) is 2. The summed E-state index contributed by atoms with van der Waals surface area (Å²) in [6.07, 6.45) is 1.75. The van der Waals surface area contributed by atoms with Crippen molar-refractivity contribution in [1.29, 1.82) is 0 Å². The maximum absolute atomic E-state index is 5.55. The summed E-state index contributed by atoms with van der Waals surface area (Å²) in [5, 5.41) is 0. The first-order valence-corrected chi connectivity index (χ1v) is 4.97. The van der Waals surface area contributed by atoms with Gasteiger partial charge in [0, 0.05) is 12.2 Å². The molecular weight excluding hydrogens is 160 g/mol. The molecule has 1 heterocycles. The molecule has 0 saturated heterocycles. The van der Waals surface area contributed by atoms with Gasteiger partial charge >= 0.3 is 0 Å². The highest BCUT2D eigenvalue weighted by molar-refractivity contribution is 5.06. The first kappa shape index (κ1) is 14.6. The van der Waals surface area contributed by atoms with E-state index in [9.17, 15) is 0 Å². The Kier molecular flexibility index (Phi) is 12.5. The van der Waals surface area contributed by atoms with Crippen LogP contribution in [0.3, 0.4) is 0 Å². The van der Waals surface area contributed by atoms with E-state index in [1.54, 1.807) is 6.20 Å². The first-order chi connectivity index (χ1) is 6.30. The summed E-state index contributed by atoms with van der Waals surface area (Å²) in [6.45, 7) is 9.92. The van der Waals surface area contributed by atoms with Crippen LogP contribution in [0.2, 0.25) is 0 Å². The minimum atomic E-state index is 0.0474. The Morgan fingerprint density at radius 3 is 1.92 bits per heavy atom. The first-order valence-electron chi connectivity index (χ1n) is 4.97. The van der Waals surface area contributed by atoms with Crippen LogP contribution in [0.5, 0.6) is 0 Å². The van der Waals surface area contributed by atoms with E-state index in [4.69, 9.17) is 5.73 Å². The van der Waals surface area contributed by atoms with Crippen molar-refractivity contribution in [3.05, 3.63) is 30.1 Å². The number of nitrogens with zero attached hydrogens (tertiary/aromatic N) is 1. The maximum atomic E-state index is 5.55. The number of pyridine rings is 1. The summed E-state index contributed by atoms with van der Waals surface area (Å²) in [6, 6.07) is 5.79. The highest BCUT2D eigenvalue weighted by Crippen LogP contribution is 2.02. The van der Waals surface area contributed by atoms with Gasteiger partial charge in [0.15, 0.2) is 0 Å². The molecule has 1 atom stereocenters. The van der Waals surface area contributed by atoms with Gasteiger partial charge in [-0.3, -0.25) is 4.98 Å². The maximum Gasteiger partial charge on any atom is 0.0568 e. The fourth-order valence-electron chi connectivity index (χ4n) is 0.645. The van der Waals surface area contributed by atoms with Crippen molar-refractivity contribution in [2.75, 3.05) is 0 Å². The van der Waals surface area contributed by atoms with Crippen molar-refractivity contribution in [3.63, 3.8) is 0 Å². The van der Waals surface area contributed by atoms with Crippen LogP contribution in [0.15, 0.2) is 24.4 Å². The molecule has 0 spiro atoms. The highest BCUT2D eigenvalue weighted by atomic mass is 14.7. The standard InChI is InChI=1S/C7H10N2.2C2H6/c1-6(8)7-4-2-3-5-9-7;2*1-2/h2-6H,8H2,1H3;2*1-2H3. The van der Waals surface area contributed by atoms with Crippen molar-refractivity contribution in [3.8, 4) is 0 Å². The smallest absolute Gasteiger partial charge is 0.0568 e. The molecule has 1 rings (SSSR count). The van der Waals surface area contributed by atoms with E-state index >= 15 is 0 Å². The van der Waals surface area contributed by atoms with E-state index < -0.39 is 0 Å². The van der Waals surface area contributed by atoms with Gasteiger partial charge in [-0.2, -0.15) is 0 Å². The van der Waals surface area contributed by atoms with Gasteiger partial charge in [0.1, 0.15) is 0 Å². The van der Waals surface area contributed by atoms with E-state index in [1.165, 1.54) is 0 Å². The molecule has 2 heteroatoms. The summed E-state index contributed by atoms with van der Waals surface area (Å²) in [5.74, 6) is 0. The minimum Gasteiger partial charge on any atom is -0.323 e. The van der Waals surface area contributed by atoms with Gasteiger partial charge in [-0.05, 0) is 19.1 Å². The van der Waals surface area contributed by atoms with Crippen molar-refractivity contribution in [2.24, 2.45) is 5.73 Å². The zero-order chi connectivity index (χ0) is 10.7. The van der Waals surface area contributed by atoms with Gasteiger partial charge in [-0.25, -0.2) is 0 Å². The number of hydrogen-bond donors (Lipinski definition) is 1. The van der Waals surface area contributed by atoms with Crippen molar-refractivity contribution >= 4 is 0 Å². The lowest BCUT2D eigenvalue weighted by molar-refractivity contribution is 0.781. The molecular formula is C11H22N2. The molecule has 2 nitrogen and oxygen atoms in total. The SMILES string of the molecule is CC.CC.CC(N)c1ccccn1. The van der Waals surface area contributed by atoms with E-state index in [1.807, 2.05) is 52.8 Å². The molecule has 0 aromatic carbocycles. The molecule has 0 radical (unpaired) electrons. The Morgan fingerprint density at radius 1 is 1.15 bits per heavy atom. The third-order valence-electron chi connectivity index (χ3n) is 1.15. The fraction of sp³-hybridized carbons (Fsp3) is 0.545. The second-order valence-electron chi connectivity index (χ2n) is 2.04. The molecule has 0 aliphatic carbocycles. The third kappa shape index (κ3) is 7.47. The molecule has 76 valence electrons. The third-order valence-corrected chi connectivity index (χ3v) is 1.15. The van der Waals surface area contributed by atoms with Crippen LogP contribution >= 0.6 is 0 Å². The lowest BCUT2D eigenvalue weighted by atomic mass is 10.2. The second-order valence-corrected chi connectivity index (χ2v) is 2.04. The summed E-state index contributed by atoms with van der Waals surface area (Å²) in [5.41, 5.74) is 6.49. The molecule has 1 aromatic rings. The minimum absolute atomic E-state index is 0.0474. The molecule has 0 aliphatic rings. The Labute approximate surface area is 82.2 Å². The molecule has 0 amide bonds. The Balaban J connectivity index is 0. The fourth-order valence-corrected chi connectivity index (χ4v) is 0.645. The molecule has 0 fully saturated rings. The second kappa shape index (κ2) is 11.1. The monoisotopic (exact) mass is 182 g/mol. The van der Waals surface area contributed by atoms with E-state index in [0.29, 0.717) is 0 Å². The highest BCUT2D eigenvalue weighted by Gasteiger charge is 1.95. The van der Waals surface area contributed by atoms with Crippen molar-refractivity contribution in [1.82, 2.24) is 4.98 Å². The zero-order valence-corrected chi connectivity index (χ0v) is 9.41. The molecule has 1 aromatic heterocycles. The van der Waals surface area contributed by atoms with Crippen LogP contribution in [0, 0.1) is 0 Å². The Hall–Kier alpha value is -0.890. The lowest BCUT2D eigenvalue weighted by Crippen LogP contribution is -2.06. The van der Waals surface area contributed by atoms with Crippen molar-refractivity contribution in [2.45, 2.75) is 40.7 Å². The van der Waals surface area contributed by atoms with Crippen LogP contribution in [0.25, 0.3) is 0 Å². The topological polar surface area (TPSA) is 38.9 Å². The van der Waals surface area contributed by atoms with Crippen LogP contribution in [-0.4, -0.2) is 4.98 Å². The van der Waals surface area contributed by atoms with Gasteiger partial charge in [0.2, 0.25) is 0 Å². The van der Waals surface area contributed by atoms with Gasteiger partial charge in [-0.15, -0.1) is 0 Å². The normalized spacial score (nSPS) is 10.0. The van der Waals surface area contributed by atoms with Crippen LogP contribution in [0.1, 0.15) is 46.4 Å². The Morgan fingerprint density at radius 2 is 1.69 bits per heavy atom. The van der Waals surface area contributed by atoms with Crippen molar-refractivity contribution < 1.29 is 0 Å². The number of nitrogens with two attached hydrogens (primary N) is 1. The van der Waals surface area contributed by atoms with Gasteiger partial charge < -0.3 is 5.73 Å². The molecule has 1 unspecified atom stereocenters. The Bertz CT molecular complexity index is 171. The number of rotatable bonds is 1. The molecule has 0 bridgehead atoms. The van der Waals surface area contributed by atoms with E-state index in [0.717, 1.165) is 5.69 Å². The van der Waals surface area contributed by atoms with E-state index in [-0.39, 0.29) is 6.04 Å². The molecule has 0 aliphatic heterocycles. The van der Waals surface area contributed by atoms with E-state index in [2.05, 4.69) is 4.98 Å². The summed E-state index contributed by atoms with van der Waals surface area (Å²) in [7, 11) is 0.